The van der Waals surface area contributed by atoms with Gasteiger partial charge in [0.1, 0.15) is 11.3 Å². The molecule has 1 unspecified atom stereocenters. The molecule has 3 nitrogen and oxygen atoms in total. The summed E-state index contributed by atoms with van der Waals surface area (Å²) in [5.74, 6) is 2.00. The van der Waals surface area contributed by atoms with Crippen molar-refractivity contribution in [1.82, 2.24) is 9.97 Å². The standard InChI is InChI=1S/C13H17ClN2O/c1-2-17-12(9-5-6-9)13-15-10(8-3-4-8)7-11(14)16-13/h7-9,12H,2-6H2,1H3. The van der Waals surface area contributed by atoms with E-state index in [4.69, 9.17) is 16.3 Å². The van der Waals surface area contributed by atoms with Crippen LogP contribution in [-0.2, 0) is 4.74 Å². The Morgan fingerprint density at radius 1 is 1.35 bits per heavy atom. The Morgan fingerprint density at radius 3 is 2.71 bits per heavy atom. The lowest BCUT2D eigenvalue weighted by atomic mass is 10.2. The van der Waals surface area contributed by atoms with Crippen LogP contribution in [0.25, 0.3) is 0 Å². The largest absolute Gasteiger partial charge is 0.370 e. The summed E-state index contributed by atoms with van der Waals surface area (Å²) in [6.45, 7) is 2.72. The molecule has 1 aromatic heterocycles. The van der Waals surface area contributed by atoms with Crippen molar-refractivity contribution >= 4 is 11.6 Å². The highest BCUT2D eigenvalue weighted by molar-refractivity contribution is 6.29. The Kier molecular flexibility index (Phi) is 3.05. The number of ether oxygens (including phenoxy) is 1. The van der Waals surface area contributed by atoms with Gasteiger partial charge in [0.25, 0.3) is 0 Å². The smallest absolute Gasteiger partial charge is 0.159 e. The van der Waals surface area contributed by atoms with E-state index in [1.165, 1.54) is 25.7 Å². The molecule has 2 aliphatic carbocycles. The van der Waals surface area contributed by atoms with Gasteiger partial charge in [0.15, 0.2) is 5.82 Å². The normalized spacial score (nSPS) is 21.5. The molecule has 1 heterocycles. The molecule has 0 aliphatic heterocycles. The second-order valence-electron chi connectivity index (χ2n) is 4.96. The van der Waals surface area contributed by atoms with Crippen LogP contribution in [0.15, 0.2) is 6.07 Å². The lowest BCUT2D eigenvalue weighted by Crippen LogP contribution is -2.12. The van der Waals surface area contributed by atoms with E-state index in [1.807, 2.05) is 13.0 Å². The molecule has 4 heteroatoms. The zero-order valence-corrected chi connectivity index (χ0v) is 10.8. The van der Waals surface area contributed by atoms with Gasteiger partial charge in [-0.2, -0.15) is 0 Å². The first-order chi connectivity index (χ1) is 8.28. The van der Waals surface area contributed by atoms with E-state index in [0.717, 1.165) is 11.5 Å². The van der Waals surface area contributed by atoms with E-state index in [-0.39, 0.29) is 6.10 Å². The first-order valence-electron chi connectivity index (χ1n) is 6.44. The third-order valence-corrected chi connectivity index (χ3v) is 3.57. The monoisotopic (exact) mass is 252 g/mol. The molecule has 0 N–H and O–H groups in total. The van der Waals surface area contributed by atoms with Crippen molar-refractivity contribution in [2.45, 2.75) is 44.6 Å². The first kappa shape index (κ1) is 11.4. The van der Waals surface area contributed by atoms with Gasteiger partial charge in [-0.05, 0) is 44.6 Å². The molecule has 0 bridgehead atoms. The number of rotatable bonds is 5. The minimum Gasteiger partial charge on any atom is -0.370 e. The summed E-state index contributed by atoms with van der Waals surface area (Å²) in [5.41, 5.74) is 1.10. The van der Waals surface area contributed by atoms with Crippen molar-refractivity contribution in [3.8, 4) is 0 Å². The van der Waals surface area contributed by atoms with Crippen LogP contribution in [0.4, 0.5) is 0 Å². The molecule has 2 fully saturated rings. The number of halogens is 1. The minimum absolute atomic E-state index is 0.0520. The number of hydrogen-bond donors (Lipinski definition) is 0. The van der Waals surface area contributed by atoms with E-state index in [9.17, 15) is 0 Å². The summed E-state index contributed by atoms with van der Waals surface area (Å²) < 4.78 is 5.78. The molecule has 0 aromatic carbocycles. The van der Waals surface area contributed by atoms with Crippen LogP contribution < -0.4 is 0 Å². The van der Waals surface area contributed by atoms with Crippen LogP contribution in [0.1, 0.15) is 56.1 Å². The lowest BCUT2D eigenvalue weighted by Gasteiger charge is -2.15. The van der Waals surface area contributed by atoms with Gasteiger partial charge in [0.2, 0.25) is 0 Å². The second-order valence-corrected chi connectivity index (χ2v) is 5.35. The van der Waals surface area contributed by atoms with Gasteiger partial charge in [-0.1, -0.05) is 11.6 Å². The third kappa shape index (κ3) is 2.61. The number of nitrogens with zero attached hydrogens (tertiary/aromatic N) is 2. The molecule has 1 aromatic rings. The van der Waals surface area contributed by atoms with Gasteiger partial charge < -0.3 is 4.74 Å². The maximum absolute atomic E-state index is 6.08. The minimum atomic E-state index is 0.0520. The lowest BCUT2D eigenvalue weighted by molar-refractivity contribution is 0.0399. The average Bonchev–Trinajstić information content (AvgIpc) is 3.18. The van der Waals surface area contributed by atoms with Gasteiger partial charge >= 0.3 is 0 Å². The number of aromatic nitrogens is 2. The predicted octanol–water partition coefficient (Wildman–Crippen LogP) is 3.50. The maximum atomic E-state index is 6.08. The van der Waals surface area contributed by atoms with Crippen LogP contribution in [0.5, 0.6) is 0 Å². The van der Waals surface area contributed by atoms with Gasteiger partial charge in [-0.3, -0.25) is 0 Å². The van der Waals surface area contributed by atoms with Crippen molar-refractivity contribution in [3.05, 3.63) is 22.7 Å². The molecule has 0 amide bonds. The highest BCUT2D eigenvalue weighted by atomic mass is 35.5. The van der Waals surface area contributed by atoms with Crippen LogP contribution in [0.3, 0.4) is 0 Å². The van der Waals surface area contributed by atoms with Crippen LogP contribution in [-0.4, -0.2) is 16.6 Å². The summed E-state index contributed by atoms with van der Waals surface area (Å²) in [6.07, 6.45) is 4.96. The Balaban J connectivity index is 1.88. The van der Waals surface area contributed by atoms with Crippen LogP contribution in [0.2, 0.25) is 5.15 Å². The van der Waals surface area contributed by atoms with Crippen LogP contribution >= 0.6 is 11.6 Å². The van der Waals surface area contributed by atoms with Gasteiger partial charge in [-0.25, -0.2) is 9.97 Å². The SMILES string of the molecule is CCOC(c1nc(Cl)cc(C2CC2)n1)C1CC1. The summed E-state index contributed by atoms with van der Waals surface area (Å²) in [4.78, 5) is 9.01. The Hall–Kier alpha value is -0.670. The Bertz CT molecular complexity index is 416. The fourth-order valence-corrected chi connectivity index (χ4v) is 2.37. The zero-order valence-electron chi connectivity index (χ0n) is 10.0. The Morgan fingerprint density at radius 2 is 2.12 bits per heavy atom. The highest BCUT2D eigenvalue weighted by Crippen LogP contribution is 2.44. The summed E-state index contributed by atoms with van der Waals surface area (Å²) in [6, 6.07) is 1.90. The van der Waals surface area contributed by atoms with Gasteiger partial charge in [0.05, 0.1) is 0 Å². The third-order valence-electron chi connectivity index (χ3n) is 3.38. The van der Waals surface area contributed by atoms with E-state index < -0.39 is 0 Å². The molecular weight excluding hydrogens is 236 g/mol. The topological polar surface area (TPSA) is 35.0 Å². The zero-order chi connectivity index (χ0) is 11.8. The molecule has 2 aliphatic rings. The summed E-state index contributed by atoms with van der Waals surface area (Å²) in [5, 5.41) is 0.558. The quantitative estimate of drug-likeness (QED) is 0.753. The van der Waals surface area contributed by atoms with E-state index in [1.54, 1.807) is 0 Å². The predicted molar refractivity (Wildman–Crippen MR) is 66.1 cm³/mol. The van der Waals surface area contributed by atoms with Crippen molar-refractivity contribution in [2.24, 2.45) is 5.92 Å². The van der Waals surface area contributed by atoms with Crippen molar-refractivity contribution in [1.29, 1.82) is 0 Å². The molecule has 0 spiro atoms. The van der Waals surface area contributed by atoms with Crippen LogP contribution in [0, 0.1) is 5.92 Å². The average molecular weight is 253 g/mol. The molecule has 0 radical (unpaired) electrons. The Labute approximate surface area is 107 Å². The fraction of sp³-hybridized carbons (Fsp3) is 0.692. The summed E-state index contributed by atoms with van der Waals surface area (Å²) in [7, 11) is 0. The number of hydrogen-bond acceptors (Lipinski definition) is 3. The van der Waals surface area contributed by atoms with Crippen molar-refractivity contribution in [2.75, 3.05) is 6.61 Å². The molecular formula is C13H17ClN2O. The molecule has 17 heavy (non-hydrogen) atoms. The van der Waals surface area contributed by atoms with E-state index >= 15 is 0 Å². The molecule has 0 saturated heterocycles. The molecule has 3 rings (SSSR count). The fourth-order valence-electron chi connectivity index (χ4n) is 2.17. The van der Waals surface area contributed by atoms with Crippen molar-refractivity contribution in [3.63, 3.8) is 0 Å². The van der Waals surface area contributed by atoms with E-state index in [0.29, 0.717) is 23.6 Å². The van der Waals surface area contributed by atoms with Gasteiger partial charge in [-0.15, -0.1) is 0 Å². The molecule has 92 valence electrons. The van der Waals surface area contributed by atoms with Crippen molar-refractivity contribution < 1.29 is 4.74 Å². The van der Waals surface area contributed by atoms with Gasteiger partial charge in [0, 0.05) is 18.2 Å². The first-order valence-corrected chi connectivity index (χ1v) is 6.81. The second kappa shape index (κ2) is 4.54. The molecule has 2 saturated carbocycles. The maximum Gasteiger partial charge on any atom is 0.159 e. The molecule has 1 atom stereocenters. The highest BCUT2D eigenvalue weighted by Gasteiger charge is 2.36. The van der Waals surface area contributed by atoms with E-state index in [2.05, 4.69) is 9.97 Å². The summed E-state index contributed by atoms with van der Waals surface area (Å²) >= 11 is 6.08.